The summed E-state index contributed by atoms with van der Waals surface area (Å²) in [5, 5.41) is 16.3. The van der Waals surface area contributed by atoms with Gasteiger partial charge in [-0.2, -0.15) is 0 Å². The zero-order valence-corrected chi connectivity index (χ0v) is 19.3. The third-order valence-electron chi connectivity index (χ3n) is 7.22. The van der Waals surface area contributed by atoms with E-state index in [4.69, 9.17) is 0 Å². The summed E-state index contributed by atoms with van der Waals surface area (Å²) in [6, 6.07) is 40.9. The maximum absolute atomic E-state index is 4.58. The first-order valence-electron chi connectivity index (χ1n) is 12.1. The molecule has 0 amide bonds. The van der Waals surface area contributed by atoms with Gasteiger partial charge in [0, 0.05) is 33.6 Å². The molecule has 0 aliphatic rings. The van der Waals surface area contributed by atoms with Crippen molar-refractivity contribution in [3.8, 4) is 17.1 Å². The molecular formula is C32H20N4. The summed E-state index contributed by atoms with van der Waals surface area (Å²) in [5.74, 6) is 0.847. The number of aromatic nitrogens is 4. The van der Waals surface area contributed by atoms with Crippen LogP contribution in [-0.2, 0) is 0 Å². The molecule has 0 bridgehead atoms. The average Bonchev–Trinajstić information content (AvgIpc) is 3.52. The molecule has 0 atom stereocenters. The number of hydrogen-bond donors (Lipinski definition) is 0. The van der Waals surface area contributed by atoms with E-state index < -0.39 is 0 Å². The first-order valence-corrected chi connectivity index (χ1v) is 12.1. The molecule has 36 heavy (non-hydrogen) atoms. The number of nitrogens with zero attached hydrogens (tertiary/aromatic N) is 4. The van der Waals surface area contributed by atoms with Gasteiger partial charge in [0.05, 0.1) is 11.0 Å². The highest BCUT2D eigenvalue weighted by atomic mass is 15.2. The van der Waals surface area contributed by atoms with Gasteiger partial charge in [0.2, 0.25) is 0 Å². The van der Waals surface area contributed by atoms with E-state index in [-0.39, 0.29) is 0 Å². The molecule has 3 heterocycles. The van der Waals surface area contributed by atoms with Crippen molar-refractivity contribution in [2.45, 2.75) is 0 Å². The predicted octanol–water partition coefficient (Wildman–Crippen LogP) is 7.80. The Morgan fingerprint density at radius 2 is 1.19 bits per heavy atom. The lowest BCUT2D eigenvalue weighted by molar-refractivity contribution is 1.11. The second kappa shape index (κ2) is 7.27. The monoisotopic (exact) mass is 460 g/mol. The number of fused-ring (bicyclic) bond motifs is 7. The number of hydrogen-bond acceptors (Lipinski definition) is 2. The lowest BCUT2D eigenvalue weighted by Gasteiger charge is -2.10. The van der Waals surface area contributed by atoms with Crippen molar-refractivity contribution in [1.82, 2.24) is 19.2 Å². The summed E-state index contributed by atoms with van der Waals surface area (Å²) in [7, 11) is 0. The van der Waals surface area contributed by atoms with Gasteiger partial charge < -0.3 is 4.57 Å². The first-order chi connectivity index (χ1) is 17.8. The van der Waals surface area contributed by atoms with Crippen molar-refractivity contribution in [2.24, 2.45) is 0 Å². The van der Waals surface area contributed by atoms with Gasteiger partial charge >= 0.3 is 0 Å². The second-order valence-electron chi connectivity index (χ2n) is 9.24. The number of para-hydroxylation sites is 2. The Labute approximate surface area is 206 Å². The van der Waals surface area contributed by atoms with Crippen molar-refractivity contribution >= 4 is 49.0 Å². The molecule has 0 radical (unpaired) electrons. The Bertz CT molecular complexity index is 2060. The Balaban J connectivity index is 1.34. The van der Waals surface area contributed by atoms with E-state index in [1.54, 1.807) is 0 Å². The van der Waals surface area contributed by atoms with Crippen LogP contribution in [0.4, 0.5) is 0 Å². The van der Waals surface area contributed by atoms with E-state index in [0.717, 1.165) is 28.1 Å². The highest BCUT2D eigenvalue weighted by molar-refractivity contribution is 6.09. The topological polar surface area (TPSA) is 35.1 Å². The van der Waals surface area contributed by atoms with Gasteiger partial charge in [-0.05, 0) is 52.6 Å². The lowest BCUT2D eigenvalue weighted by atomic mass is 10.1. The standard InChI is InChI=1S/C32H20N4/c1-2-8-26-22(7-1)17-18-35-31(33-34-32(26)35)23-14-13-21-15-16-25(20-24(21)19-23)36-29-11-5-3-9-27(29)28-10-4-6-12-30(28)36/h1-20H. The molecule has 0 fully saturated rings. The van der Waals surface area contributed by atoms with Crippen LogP contribution in [0.1, 0.15) is 0 Å². The molecule has 4 nitrogen and oxygen atoms in total. The van der Waals surface area contributed by atoms with Crippen LogP contribution < -0.4 is 0 Å². The molecular weight excluding hydrogens is 440 g/mol. The van der Waals surface area contributed by atoms with Crippen LogP contribution in [0.25, 0.3) is 66.1 Å². The van der Waals surface area contributed by atoms with Crippen LogP contribution >= 0.6 is 0 Å². The van der Waals surface area contributed by atoms with Crippen molar-refractivity contribution < 1.29 is 0 Å². The van der Waals surface area contributed by atoms with Gasteiger partial charge in [-0.25, -0.2) is 0 Å². The largest absolute Gasteiger partial charge is 0.309 e. The molecule has 0 aliphatic heterocycles. The van der Waals surface area contributed by atoms with E-state index in [1.165, 1.54) is 38.0 Å². The molecule has 8 rings (SSSR count). The second-order valence-corrected chi connectivity index (χ2v) is 9.24. The summed E-state index contributed by atoms with van der Waals surface area (Å²) < 4.78 is 4.44. The van der Waals surface area contributed by atoms with Crippen molar-refractivity contribution in [3.05, 3.63) is 121 Å². The minimum Gasteiger partial charge on any atom is -0.309 e. The maximum atomic E-state index is 4.58. The summed E-state index contributed by atoms with van der Waals surface area (Å²) >= 11 is 0. The summed E-state index contributed by atoms with van der Waals surface area (Å²) in [4.78, 5) is 0. The first kappa shape index (κ1) is 19.4. The Morgan fingerprint density at radius 1 is 0.500 bits per heavy atom. The Hall–Kier alpha value is -4.96. The van der Waals surface area contributed by atoms with Gasteiger partial charge in [0.25, 0.3) is 0 Å². The van der Waals surface area contributed by atoms with E-state index in [2.05, 4.69) is 128 Å². The highest BCUT2D eigenvalue weighted by Crippen LogP contribution is 2.33. The quantitative estimate of drug-likeness (QED) is 0.264. The molecule has 5 aromatic carbocycles. The molecule has 0 saturated carbocycles. The molecule has 0 aliphatic carbocycles. The molecule has 3 aromatic heterocycles. The van der Waals surface area contributed by atoms with Crippen molar-refractivity contribution in [1.29, 1.82) is 0 Å². The van der Waals surface area contributed by atoms with Crippen LogP contribution in [0.3, 0.4) is 0 Å². The van der Waals surface area contributed by atoms with E-state index >= 15 is 0 Å². The van der Waals surface area contributed by atoms with Gasteiger partial charge in [0.1, 0.15) is 0 Å². The minimum absolute atomic E-state index is 0.847. The summed E-state index contributed by atoms with van der Waals surface area (Å²) in [5.41, 5.74) is 5.50. The molecule has 0 N–H and O–H groups in total. The number of benzene rings is 5. The zero-order valence-electron chi connectivity index (χ0n) is 19.3. The maximum Gasteiger partial charge on any atom is 0.168 e. The van der Waals surface area contributed by atoms with Gasteiger partial charge in [-0.1, -0.05) is 78.9 Å². The van der Waals surface area contributed by atoms with Crippen LogP contribution in [0.2, 0.25) is 0 Å². The Kier molecular flexibility index (Phi) is 3.91. The van der Waals surface area contributed by atoms with Crippen molar-refractivity contribution in [2.75, 3.05) is 0 Å². The fourth-order valence-electron chi connectivity index (χ4n) is 5.53. The number of pyridine rings is 1. The smallest absolute Gasteiger partial charge is 0.168 e. The third kappa shape index (κ3) is 2.70. The van der Waals surface area contributed by atoms with Crippen LogP contribution in [-0.4, -0.2) is 19.2 Å². The fraction of sp³-hybridized carbons (Fsp3) is 0. The fourth-order valence-corrected chi connectivity index (χ4v) is 5.53. The lowest BCUT2D eigenvalue weighted by Crippen LogP contribution is -1.94. The van der Waals surface area contributed by atoms with Gasteiger partial charge in [-0.3, -0.25) is 4.40 Å². The molecule has 4 heteroatoms. The van der Waals surface area contributed by atoms with E-state index in [0.29, 0.717) is 0 Å². The molecule has 0 spiro atoms. The van der Waals surface area contributed by atoms with Crippen molar-refractivity contribution in [3.63, 3.8) is 0 Å². The molecule has 0 unspecified atom stereocenters. The molecule has 0 saturated heterocycles. The minimum atomic E-state index is 0.847. The predicted molar refractivity (Wildman–Crippen MR) is 148 cm³/mol. The highest BCUT2D eigenvalue weighted by Gasteiger charge is 2.14. The van der Waals surface area contributed by atoms with Gasteiger partial charge in [0.15, 0.2) is 11.5 Å². The van der Waals surface area contributed by atoms with E-state index in [1.807, 2.05) is 12.1 Å². The summed E-state index contributed by atoms with van der Waals surface area (Å²) in [6.45, 7) is 0. The molecule has 8 aromatic rings. The third-order valence-corrected chi connectivity index (χ3v) is 7.22. The van der Waals surface area contributed by atoms with Crippen LogP contribution in [0.15, 0.2) is 121 Å². The normalized spacial score (nSPS) is 11.9. The SMILES string of the molecule is c1ccc2c(c1)ccn1c(-c3ccc4ccc(-n5c6ccccc6c6ccccc65)cc4c3)nnc21. The Morgan fingerprint density at radius 3 is 2.00 bits per heavy atom. The summed E-state index contributed by atoms with van der Waals surface area (Å²) in [6.07, 6.45) is 2.06. The van der Waals surface area contributed by atoms with Crippen LogP contribution in [0, 0.1) is 0 Å². The zero-order chi connectivity index (χ0) is 23.6. The average molecular weight is 461 g/mol. The number of rotatable bonds is 2. The van der Waals surface area contributed by atoms with Gasteiger partial charge in [-0.15, -0.1) is 10.2 Å². The molecule has 168 valence electrons. The van der Waals surface area contributed by atoms with E-state index in [9.17, 15) is 0 Å². The van der Waals surface area contributed by atoms with Crippen LogP contribution in [0.5, 0.6) is 0 Å².